The van der Waals surface area contributed by atoms with Crippen LogP contribution in [0.3, 0.4) is 0 Å². The minimum atomic E-state index is -2.83. The summed E-state index contributed by atoms with van der Waals surface area (Å²) in [6, 6.07) is 13.3. The summed E-state index contributed by atoms with van der Waals surface area (Å²) in [5.74, 6) is 0.152. The number of benzene rings is 2. The van der Waals surface area contributed by atoms with E-state index in [1.165, 1.54) is 5.56 Å². The van der Waals surface area contributed by atoms with Crippen LogP contribution in [0.25, 0.3) is 0 Å². The van der Waals surface area contributed by atoms with Crippen LogP contribution in [0.4, 0.5) is 8.78 Å². The molecule has 0 radical (unpaired) electrons. The highest BCUT2D eigenvalue weighted by atomic mass is 79.9. The number of hydrogen-bond donors (Lipinski definition) is 1. The van der Waals surface area contributed by atoms with E-state index in [0.29, 0.717) is 5.56 Å². The van der Waals surface area contributed by atoms with E-state index in [1.54, 1.807) is 12.1 Å². The molecule has 2 aromatic rings. The number of ether oxygens (including phenoxy) is 1. The first kappa shape index (κ1) is 15.9. The van der Waals surface area contributed by atoms with E-state index in [1.807, 2.05) is 18.2 Å². The molecule has 0 saturated heterocycles. The van der Waals surface area contributed by atoms with Gasteiger partial charge in [-0.05, 0) is 42.2 Å². The van der Waals surface area contributed by atoms with Crippen molar-refractivity contribution in [3.05, 3.63) is 63.6 Å². The Morgan fingerprint density at radius 3 is 2.38 bits per heavy atom. The van der Waals surface area contributed by atoms with Crippen molar-refractivity contribution in [3.63, 3.8) is 0 Å². The van der Waals surface area contributed by atoms with Crippen molar-refractivity contribution in [3.8, 4) is 5.75 Å². The lowest BCUT2D eigenvalue weighted by Crippen LogP contribution is -2.07. The second-order valence-electron chi connectivity index (χ2n) is 4.65. The van der Waals surface area contributed by atoms with Gasteiger partial charge in [-0.1, -0.05) is 40.2 Å². The number of halogens is 3. The van der Waals surface area contributed by atoms with Crippen LogP contribution >= 0.6 is 15.9 Å². The van der Waals surface area contributed by atoms with Crippen LogP contribution in [0.1, 0.15) is 16.7 Å². The second kappa shape index (κ2) is 7.52. The largest absolute Gasteiger partial charge is 0.434 e. The molecule has 0 heterocycles. The van der Waals surface area contributed by atoms with Gasteiger partial charge in [0.2, 0.25) is 0 Å². The summed E-state index contributed by atoms with van der Waals surface area (Å²) in [6.07, 6.45) is 1.69. The van der Waals surface area contributed by atoms with E-state index in [2.05, 4.69) is 32.8 Å². The first-order chi connectivity index (χ1) is 10.1. The highest BCUT2D eigenvalue weighted by Crippen LogP contribution is 2.23. The summed E-state index contributed by atoms with van der Waals surface area (Å²) >= 11 is 3.44. The van der Waals surface area contributed by atoms with E-state index < -0.39 is 6.61 Å². The third kappa shape index (κ3) is 4.79. The lowest BCUT2D eigenvalue weighted by molar-refractivity contribution is -0.0504. The maximum absolute atomic E-state index is 12.3. The molecule has 0 fully saturated rings. The molecule has 0 aliphatic heterocycles. The van der Waals surface area contributed by atoms with Crippen LogP contribution < -0.4 is 10.5 Å². The van der Waals surface area contributed by atoms with E-state index in [-0.39, 0.29) is 12.3 Å². The molecule has 0 saturated carbocycles. The van der Waals surface area contributed by atoms with Crippen LogP contribution in [0, 0.1) is 0 Å². The molecule has 0 aliphatic rings. The quantitative estimate of drug-likeness (QED) is 0.838. The zero-order valence-corrected chi connectivity index (χ0v) is 12.9. The van der Waals surface area contributed by atoms with Crippen LogP contribution in [0.5, 0.6) is 5.75 Å². The Morgan fingerprint density at radius 1 is 1.05 bits per heavy atom. The second-order valence-corrected chi connectivity index (χ2v) is 5.57. The monoisotopic (exact) mass is 355 g/mol. The number of hydrogen-bond acceptors (Lipinski definition) is 2. The average molecular weight is 356 g/mol. The minimum absolute atomic E-state index is 0.152. The molecule has 0 amide bonds. The Morgan fingerprint density at radius 2 is 1.76 bits per heavy atom. The van der Waals surface area contributed by atoms with Gasteiger partial charge in [0, 0.05) is 16.6 Å². The van der Waals surface area contributed by atoms with Crippen LogP contribution in [0.15, 0.2) is 46.9 Å². The standard InChI is InChI=1S/C16H16BrF2NO/c17-14-3-1-2-11(9-14)4-5-12-6-7-15(21-16(18)19)13(8-12)10-20/h1-3,6-9,16H,4-5,10,20H2. The molecule has 0 bridgehead atoms. The van der Waals surface area contributed by atoms with Crippen molar-refractivity contribution in [2.75, 3.05) is 0 Å². The molecule has 0 unspecified atom stereocenters. The molecular formula is C16H16BrF2NO. The van der Waals surface area contributed by atoms with Crippen molar-refractivity contribution < 1.29 is 13.5 Å². The van der Waals surface area contributed by atoms with E-state index >= 15 is 0 Å². The molecule has 2 rings (SSSR count). The maximum Gasteiger partial charge on any atom is 0.387 e. The van der Waals surface area contributed by atoms with Gasteiger partial charge in [0.1, 0.15) is 5.75 Å². The van der Waals surface area contributed by atoms with Crippen LogP contribution in [-0.4, -0.2) is 6.61 Å². The van der Waals surface area contributed by atoms with Crippen molar-refractivity contribution in [2.24, 2.45) is 5.73 Å². The Bertz CT molecular complexity index is 605. The third-order valence-electron chi connectivity index (χ3n) is 3.15. The van der Waals surface area contributed by atoms with Gasteiger partial charge in [-0.3, -0.25) is 0 Å². The van der Waals surface area contributed by atoms with Gasteiger partial charge in [0.15, 0.2) is 0 Å². The van der Waals surface area contributed by atoms with Gasteiger partial charge in [-0.25, -0.2) is 0 Å². The van der Waals surface area contributed by atoms with Gasteiger partial charge >= 0.3 is 6.61 Å². The maximum atomic E-state index is 12.3. The number of rotatable bonds is 6. The van der Waals surface area contributed by atoms with Gasteiger partial charge < -0.3 is 10.5 Å². The molecule has 5 heteroatoms. The fraction of sp³-hybridized carbons (Fsp3) is 0.250. The molecule has 21 heavy (non-hydrogen) atoms. The summed E-state index contributed by atoms with van der Waals surface area (Å²) in [5.41, 5.74) is 8.46. The average Bonchev–Trinajstić information content (AvgIpc) is 2.45. The molecule has 0 aliphatic carbocycles. The summed E-state index contributed by atoms with van der Waals surface area (Å²) in [4.78, 5) is 0. The topological polar surface area (TPSA) is 35.2 Å². The molecule has 0 aromatic heterocycles. The molecule has 2 N–H and O–H groups in total. The zero-order valence-electron chi connectivity index (χ0n) is 11.4. The SMILES string of the molecule is NCc1cc(CCc2cccc(Br)c2)ccc1OC(F)F. The highest BCUT2D eigenvalue weighted by Gasteiger charge is 2.09. The van der Waals surface area contributed by atoms with E-state index in [4.69, 9.17) is 5.73 Å². The number of alkyl halides is 2. The lowest BCUT2D eigenvalue weighted by Gasteiger charge is -2.11. The van der Waals surface area contributed by atoms with Crippen molar-refractivity contribution in [2.45, 2.75) is 26.0 Å². The summed E-state index contributed by atoms with van der Waals surface area (Å²) in [5, 5.41) is 0. The van der Waals surface area contributed by atoms with Crippen molar-refractivity contribution in [1.29, 1.82) is 0 Å². The summed E-state index contributed by atoms with van der Waals surface area (Å²) < 4.78 is 30.0. The fourth-order valence-corrected chi connectivity index (χ4v) is 2.59. The number of aryl methyl sites for hydroxylation is 2. The lowest BCUT2D eigenvalue weighted by atomic mass is 10.0. The zero-order chi connectivity index (χ0) is 15.2. The normalized spacial score (nSPS) is 10.9. The first-order valence-corrected chi connectivity index (χ1v) is 7.39. The summed E-state index contributed by atoms with van der Waals surface area (Å²) in [7, 11) is 0. The predicted molar refractivity (Wildman–Crippen MR) is 82.5 cm³/mol. The number of nitrogens with two attached hydrogens (primary N) is 1. The van der Waals surface area contributed by atoms with Gasteiger partial charge in [0.25, 0.3) is 0 Å². The fourth-order valence-electron chi connectivity index (χ4n) is 2.14. The molecule has 0 spiro atoms. The first-order valence-electron chi connectivity index (χ1n) is 6.59. The molecular weight excluding hydrogens is 340 g/mol. The third-order valence-corrected chi connectivity index (χ3v) is 3.65. The Hall–Kier alpha value is -1.46. The van der Waals surface area contributed by atoms with E-state index in [9.17, 15) is 8.78 Å². The molecule has 0 atom stereocenters. The smallest absolute Gasteiger partial charge is 0.387 e. The minimum Gasteiger partial charge on any atom is -0.434 e. The van der Waals surface area contributed by atoms with Crippen molar-refractivity contribution in [1.82, 2.24) is 0 Å². The Kier molecular flexibility index (Phi) is 5.70. The predicted octanol–water partition coefficient (Wildman–Crippen LogP) is 4.29. The van der Waals surface area contributed by atoms with Gasteiger partial charge in [-0.2, -0.15) is 8.78 Å². The molecule has 2 nitrogen and oxygen atoms in total. The van der Waals surface area contributed by atoms with Gasteiger partial charge in [-0.15, -0.1) is 0 Å². The van der Waals surface area contributed by atoms with Crippen LogP contribution in [0.2, 0.25) is 0 Å². The Balaban J connectivity index is 2.07. The highest BCUT2D eigenvalue weighted by molar-refractivity contribution is 9.10. The van der Waals surface area contributed by atoms with E-state index in [0.717, 1.165) is 22.9 Å². The molecule has 112 valence electrons. The van der Waals surface area contributed by atoms with Crippen LogP contribution in [-0.2, 0) is 19.4 Å². The van der Waals surface area contributed by atoms with Crippen molar-refractivity contribution >= 4 is 15.9 Å². The Labute approximate surface area is 131 Å². The van der Waals surface area contributed by atoms with Gasteiger partial charge in [0.05, 0.1) is 0 Å². The molecule has 2 aromatic carbocycles. The summed E-state index contributed by atoms with van der Waals surface area (Å²) in [6.45, 7) is -2.66.